The molecule has 3 aliphatic heterocycles. The lowest BCUT2D eigenvalue weighted by Gasteiger charge is -2.43. The van der Waals surface area contributed by atoms with Crippen LogP contribution >= 0.6 is 0 Å². The second kappa shape index (κ2) is 36.4. The molecule has 1 saturated carbocycles. The normalized spacial score (nSPS) is 35.5. The maximum absolute atomic E-state index is 14.6. The molecular weight excluding hydrogens is 1060 g/mol. The second-order valence-electron chi connectivity index (χ2n) is 23.8. The van der Waals surface area contributed by atoms with Crippen LogP contribution in [0.25, 0.3) is 0 Å². The van der Waals surface area contributed by atoms with Gasteiger partial charge in [0.2, 0.25) is 5.79 Å². The fourth-order valence-electron chi connectivity index (χ4n) is 11.9. The van der Waals surface area contributed by atoms with Crippen LogP contribution in [0.5, 0.6) is 0 Å². The highest BCUT2D eigenvalue weighted by Gasteiger charge is 2.53. The fraction of sp³-hybridized carbons (Fsp3) is 0.823. The number of oxime groups is 1. The Morgan fingerprint density at radius 2 is 1.54 bits per heavy atom. The van der Waals surface area contributed by atoms with Gasteiger partial charge in [-0.05, 0) is 126 Å². The third-order valence-electron chi connectivity index (χ3n) is 17.5. The number of aliphatic hydroxyl groups excluding tert-OH is 3. The zero-order valence-electron chi connectivity index (χ0n) is 51.6. The third kappa shape index (κ3) is 21.7. The Labute approximate surface area is 489 Å². The van der Waals surface area contributed by atoms with Gasteiger partial charge in [-0.3, -0.25) is 14.4 Å². The van der Waals surface area contributed by atoms with Gasteiger partial charge in [0.25, 0.3) is 17.6 Å². The number of methoxy groups -OCH3 is 3. The van der Waals surface area contributed by atoms with Crippen molar-refractivity contribution in [2.75, 3.05) is 80.7 Å². The zero-order chi connectivity index (χ0) is 60.5. The van der Waals surface area contributed by atoms with Gasteiger partial charge in [-0.25, -0.2) is 4.79 Å². The van der Waals surface area contributed by atoms with Gasteiger partial charge in [-0.2, -0.15) is 0 Å². The van der Waals surface area contributed by atoms with Crippen LogP contribution in [0.1, 0.15) is 146 Å². The van der Waals surface area contributed by atoms with Gasteiger partial charge in [-0.1, -0.05) is 71.0 Å². The predicted molar refractivity (Wildman–Crippen MR) is 310 cm³/mol. The van der Waals surface area contributed by atoms with Crippen molar-refractivity contribution in [3.8, 4) is 0 Å². The van der Waals surface area contributed by atoms with E-state index in [1.165, 1.54) is 12.0 Å². The molecule has 0 aromatic heterocycles. The summed E-state index contributed by atoms with van der Waals surface area (Å²) in [6, 6.07) is -1.14. The lowest BCUT2D eigenvalue weighted by molar-refractivity contribution is -0.265. The molecule has 0 aromatic carbocycles. The number of hydrogen-bond acceptors (Lipinski definition) is 18. The molecule has 3 heterocycles. The Bertz CT molecular complexity index is 2070. The number of nitrogens with zero attached hydrogens (tertiary/aromatic N) is 2. The quantitative estimate of drug-likeness (QED) is 0.0307. The van der Waals surface area contributed by atoms with Gasteiger partial charge in [0.05, 0.1) is 69.3 Å². The average Bonchev–Trinajstić information content (AvgIpc) is 3.62. The van der Waals surface area contributed by atoms with E-state index >= 15 is 0 Å². The van der Waals surface area contributed by atoms with Crippen molar-refractivity contribution in [3.05, 3.63) is 35.5 Å². The Balaban J connectivity index is 1.68. The summed E-state index contributed by atoms with van der Waals surface area (Å²) in [4.78, 5) is 63.3. The maximum Gasteiger partial charge on any atom is 0.329 e. The van der Waals surface area contributed by atoms with Gasteiger partial charge in [0, 0.05) is 71.6 Å². The molecule has 4 rings (SSSR count). The van der Waals surface area contributed by atoms with Crippen LogP contribution in [-0.2, 0) is 61.9 Å². The summed E-state index contributed by atoms with van der Waals surface area (Å²) in [6.07, 6.45) is 8.02. The summed E-state index contributed by atoms with van der Waals surface area (Å²) in [5, 5.41) is 54.2. The van der Waals surface area contributed by atoms with E-state index in [0.29, 0.717) is 102 Å². The minimum Gasteiger partial charge on any atom is -0.460 e. The first-order valence-electron chi connectivity index (χ1n) is 30.4. The minimum absolute atomic E-state index is 0.00562. The van der Waals surface area contributed by atoms with Crippen molar-refractivity contribution in [3.63, 3.8) is 0 Å². The number of aliphatic hydroxyl groups is 4. The third-order valence-corrected chi connectivity index (χ3v) is 17.5. The highest BCUT2D eigenvalue weighted by atomic mass is 16.6. The molecule has 1 unspecified atom stereocenters. The number of nitrogens with one attached hydrogen (secondary N) is 1. The van der Waals surface area contributed by atoms with Gasteiger partial charge in [0.1, 0.15) is 24.4 Å². The van der Waals surface area contributed by atoms with Crippen LogP contribution in [0.4, 0.5) is 0 Å². The van der Waals surface area contributed by atoms with Crippen molar-refractivity contribution < 1.29 is 82.3 Å². The molecule has 4 aliphatic rings. The summed E-state index contributed by atoms with van der Waals surface area (Å²) in [5.74, 6) is -7.14. The first kappa shape index (κ1) is 70.8. The van der Waals surface area contributed by atoms with E-state index in [0.717, 1.165) is 18.4 Å². The molecule has 470 valence electrons. The van der Waals surface area contributed by atoms with E-state index in [2.05, 4.69) is 30.4 Å². The smallest absolute Gasteiger partial charge is 0.329 e. The number of carbonyl (C=O) groups excluding carboxylic acids is 4. The number of carbonyl (C=O) groups is 4. The lowest BCUT2D eigenvalue weighted by atomic mass is 9.78. The van der Waals surface area contributed by atoms with E-state index in [4.69, 9.17) is 42.7 Å². The van der Waals surface area contributed by atoms with Crippen molar-refractivity contribution in [1.82, 2.24) is 10.2 Å². The Morgan fingerprint density at radius 1 is 0.829 bits per heavy atom. The molecule has 1 aliphatic carbocycles. The summed E-state index contributed by atoms with van der Waals surface area (Å²) < 4.78 is 46.6. The Kier molecular flexibility index (Phi) is 31.4. The number of allylic oxidation sites excluding steroid dienone is 3. The first-order valence-corrected chi connectivity index (χ1v) is 30.4. The maximum atomic E-state index is 14.6. The molecule has 0 radical (unpaired) electrons. The molecule has 2 saturated heterocycles. The summed E-state index contributed by atoms with van der Waals surface area (Å²) >= 11 is 0. The van der Waals surface area contributed by atoms with E-state index in [9.17, 15) is 39.6 Å². The molecule has 3 fully saturated rings. The fourth-order valence-corrected chi connectivity index (χ4v) is 11.9. The van der Waals surface area contributed by atoms with Crippen LogP contribution in [0.2, 0.25) is 0 Å². The Morgan fingerprint density at radius 3 is 2.22 bits per heavy atom. The topological polar surface area (TPSA) is 260 Å². The summed E-state index contributed by atoms with van der Waals surface area (Å²) in [7, 11) is 4.65. The van der Waals surface area contributed by atoms with Crippen molar-refractivity contribution in [1.29, 1.82) is 0 Å². The van der Waals surface area contributed by atoms with Crippen LogP contribution in [-0.4, -0.2) is 196 Å². The molecular formula is C62H105N3O17. The van der Waals surface area contributed by atoms with E-state index < -0.39 is 96.6 Å². The number of piperidine rings is 1. The summed E-state index contributed by atoms with van der Waals surface area (Å²) in [5.41, 5.74) is 1.78. The molecule has 82 heavy (non-hydrogen) atoms. The first-order chi connectivity index (χ1) is 39.1. The van der Waals surface area contributed by atoms with Crippen molar-refractivity contribution >= 4 is 29.3 Å². The SMILES string of the molecule is CCOCCOCCOCCNC(=O)CO/N=C1\[C@H](C)C[C@H](C)C(C)CC=CC=C(C)[C@@H](OC)C[C@@H]2CC[C@@H](C)[C@@](O)(O2)C(=O)C(=O)N2CCCC[C@H]2C(=O)O[C@H]([C@H](C)C[C@@H]2CC[C@@H](O)[C@H](OC)C2)C[C@@H](O)[C@H](C)/C=C(\C)[C@@H](O)[C@H]1OC. The number of ether oxygens (including phenoxy) is 8. The second-order valence-corrected chi connectivity index (χ2v) is 23.8. The molecule has 20 nitrogen and oxygen atoms in total. The number of ketones is 1. The van der Waals surface area contributed by atoms with E-state index in [1.54, 1.807) is 34.1 Å². The molecule has 0 aromatic rings. The zero-order valence-corrected chi connectivity index (χ0v) is 51.6. The van der Waals surface area contributed by atoms with Crippen LogP contribution in [0, 0.1) is 41.4 Å². The van der Waals surface area contributed by atoms with Crippen LogP contribution < -0.4 is 5.32 Å². The van der Waals surface area contributed by atoms with Crippen molar-refractivity contribution in [2.45, 2.75) is 206 Å². The number of fused-ring (bicyclic) bond motifs is 3. The molecule has 2 amide bonds. The van der Waals surface area contributed by atoms with Crippen LogP contribution in [0.15, 0.2) is 40.6 Å². The summed E-state index contributed by atoms with van der Waals surface area (Å²) in [6.45, 7) is 20.0. The van der Waals surface area contributed by atoms with Gasteiger partial charge < -0.3 is 73.4 Å². The number of hydrogen-bond donors (Lipinski definition) is 5. The highest BCUT2D eigenvalue weighted by molar-refractivity contribution is 6.39. The number of Topliss-reactive ketones (excluding diaryl/α,β-unsaturated/α-hetero) is 1. The van der Waals surface area contributed by atoms with E-state index in [-0.39, 0.29) is 68.2 Å². The van der Waals surface area contributed by atoms with Gasteiger partial charge >= 0.3 is 5.97 Å². The van der Waals surface area contributed by atoms with Gasteiger partial charge in [0.15, 0.2) is 6.61 Å². The number of rotatable bonds is 19. The molecule has 20 heteroatoms. The van der Waals surface area contributed by atoms with Crippen molar-refractivity contribution in [2.24, 2.45) is 46.6 Å². The standard InChI is InChI=1S/C62H105N3O17/c1-13-77-28-29-79-31-30-78-27-25-63-55(68)38-80-64-56-44(7)32-41(4)39(2)18-14-15-19-40(3)52(74-10)36-48-23-21-46(9)62(73,82-48)59(70)60(71)65-26-17-16-20-49(65)61(72)81-53(43(6)34-47-22-24-50(66)54(35-47)75-11)37-51(67)42(5)33-45(8)57(69)58(56)76-12/h14-15,19,33,39,41-44,46-54,57-58,66-67,69,73H,13,16-18,20-32,34-38H2,1-12H3,(H,63,68)/b15-14?,40-19?,45-33+,64-56+/t39?,41-,42+,43+,44+,46+,47-,48-,49-,50+,51+,52-,53-,54+,57+,58-,62+/m0/s1. The molecule has 2 bridgehead atoms. The number of cyclic esters (lactones) is 1. The predicted octanol–water partition coefficient (Wildman–Crippen LogP) is 6.43. The van der Waals surface area contributed by atoms with E-state index in [1.807, 2.05) is 46.8 Å². The van der Waals surface area contributed by atoms with Crippen LogP contribution in [0.3, 0.4) is 0 Å². The Hall–Kier alpha value is -3.67. The van der Waals surface area contributed by atoms with Gasteiger partial charge in [-0.15, -0.1) is 0 Å². The number of esters is 1. The largest absolute Gasteiger partial charge is 0.460 e. The number of amides is 2. The highest BCUT2D eigenvalue weighted by Crippen LogP contribution is 2.38. The lowest BCUT2D eigenvalue weighted by Crippen LogP contribution is -2.61. The molecule has 5 N–H and O–H groups in total. The molecule has 0 spiro atoms. The average molecular weight is 1160 g/mol. The monoisotopic (exact) mass is 1160 g/mol. The molecule has 17 atom stereocenters. The minimum atomic E-state index is -2.44.